The zero-order chi connectivity index (χ0) is 43.9. The molecule has 4 aromatic carbocycles. The zero-order valence-electron chi connectivity index (χ0n) is 36.0. The summed E-state index contributed by atoms with van der Waals surface area (Å²) in [6, 6.07) is 28.9. The van der Waals surface area contributed by atoms with Gasteiger partial charge in [-0.25, -0.2) is 5.06 Å². The molecule has 1 fully saturated rings. The van der Waals surface area contributed by atoms with Gasteiger partial charge in [0, 0.05) is 47.6 Å². The molecule has 0 bridgehead atoms. The number of thiophene rings is 1. The second kappa shape index (κ2) is 22.4. The van der Waals surface area contributed by atoms with Crippen LogP contribution < -0.4 is 30.2 Å². The minimum atomic E-state index is -1.27. The van der Waals surface area contributed by atoms with Crippen molar-refractivity contribution in [1.82, 2.24) is 21.0 Å². The minimum Gasteiger partial charge on any atom is -0.497 e. The average Bonchev–Trinajstić information content (AvgIpc) is 4.00. The second-order valence-electron chi connectivity index (χ2n) is 15.8. The molecule has 1 aliphatic heterocycles. The summed E-state index contributed by atoms with van der Waals surface area (Å²) >= 11 is 1.57. The highest BCUT2D eigenvalue weighted by molar-refractivity contribution is 7.17. The number of carbonyl (C=O) groups excluding carboxylic acids is 4. The van der Waals surface area contributed by atoms with E-state index in [2.05, 4.69) is 16.0 Å². The van der Waals surface area contributed by atoms with Gasteiger partial charge in [-0.2, -0.15) is 0 Å². The average molecular weight is 863 g/mol. The van der Waals surface area contributed by atoms with Crippen LogP contribution in [0, 0.1) is 5.92 Å². The number of unbranched alkanes of at least 4 members (excludes halogenated alkanes) is 1. The number of hydrogen-bond donors (Lipinski definition) is 3. The molecule has 5 aromatic rings. The molecule has 2 heterocycles. The second-order valence-corrected chi connectivity index (χ2v) is 16.7. The SMILES string of the molecule is CCCC[C@H](CC(=O)N(Cc1ccc(OC)cc1OC)OCc1ccc(OC)cc1)C(=O)N[C@@H](Cc1csc2ccccc12)C(=O)N[C@@](C=O)(Cc1ccccc1)C1CCCN1. The molecule has 62 heavy (non-hydrogen) atoms. The number of rotatable bonds is 23. The lowest BCUT2D eigenvalue weighted by Gasteiger charge is -2.37. The molecule has 0 aliphatic carbocycles. The van der Waals surface area contributed by atoms with Crippen molar-refractivity contribution in [3.8, 4) is 17.2 Å². The highest BCUT2D eigenvalue weighted by Gasteiger charge is 2.43. The van der Waals surface area contributed by atoms with Crippen molar-refractivity contribution >= 4 is 45.4 Å². The van der Waals surface area contributed by atoms with Crippen LogP contribution in [0.25, 0.3) is 10.1 Å². The Balaban J connectivity index is 1.28. The van der Waals surface area contributed by atoms with Crippen LogP contribution >= 0.6 is 11.3 Å². The predicted octanol–water partition coefficient (Wildman–Crippen LogP) is 7.36. The Kier molecular flexibility index (Phi) is 16.5. The quantitative estimate of drug-likeness (QED) is 0.0454. The third-order valence-electron chi connectivity index (χ3n) is 11.5. The van der Waals surface area contributed by atoms with Crippen molar-refractivity contribution in [2.75, 3.05) is 27.9 Å². The summed E-state index contributed by atoms with van der Waals surface area (Å²) in [5.74, 6) is -0.304. The minimum absolute atomic E-state index is 0.0327. The van der Waals surface area contributed by atoms with E-state index in [9.17, 15) is 19.2 Å². The van der Waals surface area contributed by atoms with E-state index in [0.29, 0.717) is 42.1 Å². The maximum absolute atomic E-state index is 14.8. The summed E-state index contributed by atoms with van der Waals surface area (Å²) < 4.78 is 17.4. The third kappa shape index (κ3) is 11.8. The van der Waals surface area contributed by atoms with E-state index in [4.69, 9.17) is 19.0 Å². The number of methoxy groups -OCH3 is 3. The van der Waals surface area contributed by atoms with Gasteiger partial charge in [0.2, 0.25) is 17.7 Å². The van der Waals surface area contributed by atoms with E-state index in [0.717, 1.165) is 52.4 Å². The van der Waals surface area contributed by atoms with Crippen LogP contribution in [0.5, 0.6) is 17.2 Å². The summed E-state index contributed by atoms with van der Waals surface area (Å²) in [6.45, 7) is 2.86. The number of nitrogens with one attached hydrogen (secondary N) is 3. The van der Waals surface area contributed by atoms with Crippen LogP contribution in [-0.4, -0.2) is 74.6 Å². The van der Waals surface area contributed by atoms with E-state index < -0.39 is 35.2 Å². The van der Waals surface area contributed by atoms with Gasteiger partial charge in [-0.15, -0.1) is 11.3 Å². The standard InChI is InChI=1S/C49H58N4O8S/c1-5-6-15-36(27-46(55)53(61-31-35-19-22-39(58-2)23-20-35)30-37-21-24-40(59-3)28-43(37)60-4)47(56)51-42(26-38-32-62-44-17-11-10-16-41(38)44)48(57)52-49(33-54,45-18-12-25-50-45)29-34-13-8-7-9-14-34/h7-11,13-14,16-17,19-24,28,32-33,36,42,45,50H,5-6,12,15,18,25-27,29-31H2,1-4H3,(H,51,56)(H,52,57)/t36-,42+,45?,49-/m1/s1. The Hall–Kier alpha value is -5.76. The Morgan fingerprint density at radius 3 is 2.32 bits per heavy atom. The molecule has 3 amide bonds. The van der Waals surface area contributed by atoms with Crippen LogP contribution in [0.2, 0.25) is 0 Å². The Bertz CT molecular complexity index is 2240. The van der Waals surface area contributed by atoms with Crippen LogP contribution in [0.1, 0.15) is 67.7 Å². The summed E-state index contributed by atoms with van der Waals surface area (Å²) in [4.78, 5) is 63.3. The van der Waals surface area contributed by atoms with E-state index in [1.54, 1.807) is 44.8 Å². The van der Waals surface area contributed by atoms with Crippen LogP contribution in [0.3, 0.4) is 0 Å². The first-order valence-corrected chi connectivity index (χ1v) is 22.1. The fourth-order valence-corrected chi connectivity index (χ4v) is 8.97. The van der Waals surface area contributed by atoms with E-state index >= 15 is 0 Å². The molecule has 3 N–H and O–H groups in total. The van der Waals surface area contributed by atoms with Crippen LogP contribution in [-0.2, 0) is 50.0 Å². The fourth-order valence-electron chi connectivity index (χ4n) is 8.00. The van der Waals surface area contributed by atoms with Crippen molar-refractivity contribution in [2.24, 2.45) is 5.92 Å². The summed E-state index contributed by atoms with van der Waals surface area (Å²) in [5.41, 5.74) is 2.03. The molecule has 13 heteroatoms. The Labute approximate surface area is 368 Å². The van der Waals surface area contributed by atoms with Crippen molar-refractivity contribution in [3.05, 3.63) is 125 Å². The highest BCUT2D eigenvalue weighted by atomic mass is 32.1. The van der Waals surface area contributed by atoms with Crippen molar-refractivity contribution in [2.45, 2.75) is 89.1 Å². The molecular formula is C49H58N4O8S. The molecular weight excluding hydrogens is 805 g/mol. The zero-order valence-corrected chi connectivity index (χ0v) is 36.8. The normalized spacial score (nSPS) is 15.5. The number of nitrogens with zero attached hydrogens (tertiary/aromatic N) is 1. The van der Waals surface area contributed by atoms with Gasteiger partial charge in [-0.05, 0) is 83.6 Å². The molecule has 1 aliphatic rings. The lowest BCUT2D eigenvalue weighted by Crippen LogP contribution is -2.65. The van der Waals surface area contributed by atoms with Crippen molar-refractivity contribution in [3.63, 3.8) is 0 Å². The van der Waals surface area contributed by atoms with Gasteiger partial charge >= 0.3 is 0 Å². The first kappa shape index (κ1) is 45.8. The lowest BCUT2D eigenvalue weighted by molar-refractivity contribution is -0.197. The van der Waals surface area contributed by atoms with E-state index in [1.165, 1.54) is 5.06 Å². The van der Waals surface area contributed by atoms with Gasteiger partial charge in [0.15, 0.2) is 0 Å². The summed E-state index contributed by atoms with van der Waals surface area (Å²) in [5, 5.41) is 14.0. The molecule has 4 atom stereocenters. The molecule has 328 valence electrons. The van der Waals surface area contributed by atoms with Crippen LogP contribution in [0.15, 0.2) is 102 Å². The first-order valence-electron chi connectivity index (χ1n) is 21.3. The smallest absolute Gasteiger partial charge is 0.247 e. The topological polar surface area (TPSA) is 145 Å². The van der Waals surface area contributed by atoms with Gasteiger partial charge in [0.05, 0.1) is 27.9 Å². The molecule has 0 saturated carbocycles. The molecule has 1 saturated heterocycles. The summed E-state index contributed by atoms with van der Waals surface area (Å²) in [7, 11) is 4.71. The first-order chi connectivity index (χ1) is 30.2. The Morgan fingerprint density at radius 2 is 1.63 bits per heavy atom. The molecule has 0 spiro atoms. The van der Waals surface area contributed by atoms with E-state index in [1.807, 2.05) is 97.2 Å². The molecule has 1 aromatic heterocycles. The van der Waals surface area contributed by atoms with E-state index in [-0.39, 0.29) is 38.5 Å². The van der Waals surface area contributed by atoms with Gasteiger partial charge in [-0.3, -0.25) is 19.2 Å². The number of fused-ring (bicyclic) bond motifs is 1. The van der Waals surface area contributed by atoms with Crippen molar-refractivity contribution < 1.29 is 38.2 Å². The van der Waals surface area contributed by atoms with Gasteiger partial charge < -0.3 is 35.0 Å². The summed E-state index contributed by atoms with van der Waals surface area (Å²) in [6.07, 6.45) is 4.57. The molecule has 12 nitrogen and oxygen atoms in total. The largest absolute Gasteiger partial charge is 0.497 e. The number of hydroxylamine groups is 2. The highest BCUT2D eigenvalue weighted by Crippen LogP contribution is 2.30. The molecule has 1 unspecified atom stereocenters. The number of aldehydes is 1. The third-order valence-corrected chi connectivity index (χ3v) is 12.5. The van der Waals surface area contributed by atoms with Crippen LogP contribution in [0.4, 0.5) is 0 Å². The number of benzene rings is 4. The lowest BCUT2D eigenvalue weighted by atomic mass is 9.83. The molecule has 6 rings (SSSR count). The molecule has 0 radical (unpaired) electrons. The maximum Gasteiger partial charge on any atom is 0.247 e. The Morgan fingerprint density at radius 1 is 0.887 bits per heavy atom. The number of hydrogen-bond acceptors (Lipinski definition) is 10. The van der Waals surface area contributed by atoms with Gasteiger partial charge in [0.25, 0.3) is 0 Å². The fraction of sp³-hybridized carbons (Fsp3) is 0.388. The number of amides is 3. The maximum atomic E-state index is 14.8. The van der Waals surface area contributed by atoms with Gasteiger partial charge in [0.1, 0.15) is 41.7 Å². The van der Waals surface area contributed by atoms with Crippen molar-refractivity contribution in [1.29, 1.82) is 0 Å². The predicted molar refractivity (Wildman–Crippen MR) is 241 cm³/mol. The number of carbonyl (C=O) groups is 4. The van der Waals surface area contributed by atoms with Gasteiger partial charge in [-0.1, -0.05) is 80.4 Å². The number of ether oxygens (including phenoxy) is 3. The monoisotopic (exact) mass is 862 g/mol.